The topological polar surface area (TPSA) is 75.3 Å². The number of aromatic nitrogens is 2. The minimum Gasteiger partial charge on any atom is -0.354 e. The molecule has 6 nitrogen and oxygen atoms in total. The molecule has 0 aromatic carbocycles. The van der Waals surface area contributed by atoms with E-state index in [0.29, 0.717) is 24.3 Å². The SMILES string of the molecule is CN=C(NCc1noc(C(C)(C)C)n1)NC1CCCC1.I. The number of nitrogens with zero attached hydrogens (tertiary/aromatic N) is 3. The van der Waals surface area contributed by atoms with Gasteiger partial charge in [-0.3, -0.25) is 4.99 Å². The minimum atomic E-state index is -0.116. The first-order valence-corrected chi connectivity index (χ1v) is 7.29. The van der Waals surface area contributed by atoms with E-state index in [1.54, 1.807) is 7.05 Å². The molecule has 1 saturated carbocycles. The highest BCUT2D eigenvalue weighted by atomic mass is 127. The molecule has 0 atom stereocenters. The standard InChI is InChI=1S/C14H25N5O.HI/c1-14(2,3)12-18-11(19-20-12)9-16-13(15-4)17-10-7-5-6-8-10;/h10H,5-9H2,1-4H3,(H2,15,16,17);1H. The van der Waals surface area contributed by atoms with Crippen molar-refractivity contribution in [2.45, 2.75) is 64.5 Å². The number of rotatable bonds is 3. The molecule has 0 aliphatic heterocycles. The Morgan fingerprint density at radius 1 is 1.33 bits per heavy atom. The van der Waals surface area contributed by atoms with Gasteiger partial charge in [-0.2, -0.15) is 4.98 Å². The second kappa shape index (κ2) is 7.95. The summed E-state index contributed by atoms with van der Waals surface area (Å²) in [5.74, 6) is 2.12. The van der Waals surface area contributed by atoms with Crippen LogP contribution in [0.2, 0.25) is 0 Å². The number of guanidine groups is 1. The third kappa shape index (κ3) is 5.44. The van der Waals surface area contributed by atoms with Crippen LogP contribution in [0.15, 0.2) is 9.52 Å². The Hall–Kier alpha value is -0.860. The van der Waals surface area contributed by atoms with Crippen molar-refractivity contribution < 1.29 is 4.52 Å². The van der Waals surface area contributed by atoms with Crippen LogP contribution in [-0.4, -0.2) is 29.2 Å². The first-order valence-electron chi connectivity index (χ1n) is 7.29. The van der Waals surface area contributed by atoms with Crippen molar-refractivity contribution >= 4 is 29.9 Å². The molecule has 1 fully saturated rings. The molecule has 1 aromatic heterocycles. The molecule has 1 heterocycles. The van der Waals surface area contributed by atoms with Crippen LogP contribution in [0.1, 0.15) is 58.2 Å². The lowest BCUT2D eigenvalue weighted by molar-refractivity contribution is 0.318. The summed E-state index contributed by atoms with van der Waals surface area (Å²) in [5, 5.41) is 10.6. The van der Waals surface area contributed by atoms with E-state index in [1.807, 2.05) is 0 Å². The van der Waals surface area contributed by atoms with Gasteiger partial charge in [-0.15, -0.1) is 24.0 Å². The zero-order valence-electron chi connectivity index (χ0n) is 13.3. The van der Waals surface area contributed by atoms with E-state index in [-0.39, 0.29) is 29.4 Å². The predicted octanol–water partition coefficient (Wildman–Crippen LogP) is 2.59. The second-order valence-electron chi connectivity index (χ2n) is 6.32. The van der Waals surface area contributed by atoms with Gasteiger partial charge >= 0.3 is 0 Å². The maximum Gasteiger partial charge on any atom is 0.232 e. The highest BCUT2D eigenvalue weighted by molar-refractivity contribution is 14.0. The monoisotopic (exact) mass is 407 g/mol. The third-order valence-electron chi connectivity index (χ3n) is 3.44. The smallest absolute Gasteiger partial charge is 0.232 e. The quantitative estimate of drug-likeness (QED) is 0.458. The molecule has 0 radical (unpaired) electrons. The van der Waals surface area contributed by atoms with Crippen LogP contribution in [0, 0.1) is 0 Å². The number of halogens is 1. The Bertz CT molecular complexity index is 460. The van der Waals surface area contributed by atoms with Crippen molar-refractivity contribution in [1.82, 2.24) is 20.8 Å². The molecule has 1 aliphatic carbocycles. The van der Waals surface area contributed by atoms with Gasteiger partial charge in [0.1, 0.15) is 0 Å². The Balaban J connectivity index is 0.00000220. The minimum absolute atomic E-state index is 0. The largest absolute Gasteiger partial charge is 0.354 e. The van der Waals surface area contributed by atoms with E-state index in [0.717, 1.165) is 5.96 Å². The Morgan fingerprint density at radius 3 is 2.52 bits per heavy atom. The fraction of sp³-hybridized carbons (Fsp3) is 0.786. The van der Waals surface area contributed by atoms with E-state index in [4.69, 9.17) is 4.52 Å². The van der Waals surface area contributed by atoms with Crippen LogP contribution in [0.25, 0.3) is 0 Å². The fourth-order valence-corrected chi connectivity index (χ4v) is 2.25. The maximum absolute atomic E-state index is 5.27. The Kier molecular flexibility index (Phi) is 6.89. The number of hydrogen-bond donors (Lipinski definition) is 2. The fourth-order valence-electron chi connectivity index (χ4n) is 2.25. The molecule has 2 N–H and O–H groups in total. The van der Waals surface area contributed by atoms with Crippen LogP contribution in [0.5, 0.6) is 0 Å². The number of hydrogen-bond acceptors (Lipinski definition) is 4. The van der Waals surface area contributed by atoms with Crippen molar-refractivity contribution in [1.29, 1.82) is 0 Å². The molecule has 0 spiro atoms. The highest BCUT2D eigenvalue weighted by Crippen LogP contribution is 2.19. The van der Waals surface area contributed by atoms with Crippen LogP contribution in [0.4, 0.5) is 0 Å². The molecule has 0 bridgehead atoms. The Morgan fingerprint density at radius 2 is 2.00 bits per heavy atom. The normalized spacial score (nSPS) is 16.7. The molecule has 21 heavy (non-hydrogen) atoms. The van der Waals surface area contributed by atoms with Crippen molar-refractivity contribution in [3.05, 3.63) is 11.7 Å². The van der Waals surface area contributed by atoms with Gasteiger partial charge in [-0.1, -0.05) is 38.8 Å². The molecule has 2 rings (SSSR count). The number of aliphatic imine (C=N–C) groups is 1. The predicted molar refractivity (Wildman–Crippen MR) is 94.0 cm³/mol. The average molecular weight is 407 g/mol. The summed E-state index contributed by atoms with van der Waals surface area (Å²) in [6.07, 6.45) is 5.04. The van der Waals surface area contributed by atoms with Gasteiger partial charge in [0.25, 0.3) is 0 Å². The van der Waals surface area contributed by atoms with Crippen LogP contribution in [0.3, 0.4) is 0 Å². The molecule has 1 aliphatic rings. The molecule has 120 valence electrons. The first-order chi connectivity index (χ1) is 9.49. The van der Waals surface area contributed by atoms with E-state index in [1.165, 1.54) is 25.7 Å². The maximum atomic E-state index is 5.27. The van der Waals surface area contributed by atoms with Crippen molar-refractivity contribution in [3.8, 4) is 0 Å². The molecular formula is C14H26IN5O. The number of nitrogens with one attached hydrogen (secondary N) is 2. The summed E-state index contributed by atoms with van der Waals surface area (Å²) in [6, 6.07) is 0.539. The first kappa shape index (κ1) is 18.2. The summed E-state index contributed by atoms with van der Waals surface area (Å²) < 4.78 is 5.27. The lowest BCUT2D eigenvalue weighted by atomic mass is 9.97. The average Bonchev–Trinajstić information content (AvgIpc) is 3.04. The van der Waals surface area contributed by atoms with Gasteiger partial charge < -0.3 is 15.2 Å². The summed E-state index contributed by atoms with van der Waals surface area (Å²) in [5.41, 5.74) is -0.116. The lowest BCUT2D eigenvalue weighted by Gasteiger charge is -2.15. The van der Waals surface area contributed by atoms with Gasteiger partial charge in [0.05, 0.1) is 6.54 Å². The van der Waals surface area contributed by atoms with Gasteiger partial charge in [0.15, 0.2) is 11.8 Å². The van der Waals surface area contributed by atoms with Gasteiger partial charge in [0, 0.05) is 18.5 Å². The van der Waals surface area contributed by atoms with Gasteiger partial charge in [-0.25, -0.2) is 0 Å². The van der Waals surface area contributed by atoms with E-state index in [2.05, 4.69) is 46.5 Å². The molecule has 0 amide bonds. The van der Waals surface area contributed by atoms with E-state index >= 15 is 0 Å². The summed E-state index contributed by atoms with van der Waals surface area (Å²) in [4.78, 5) is 8.63. The van der Waals surface area contributed by atoms with E-state index < -0.39 is 0 Å². The zero-order valence-corrected chi connectivity index (χ0v) is 15.6. The molecular weight excluding hydrogens is 381 g/mol. The second-order valence-corrected chi connectivity index (χ2v) is 6.32. The summed E-state index contributed by atoms with van der Waals surface area (Å²) >= 11 is 0. The third-order valence-corrected chi connectivity index (χ3v) is 3.44. The molecule has 7 heteroatoms. The van der Waals surface area contributed by atoms with Crippen molar-refractivity contribution in [2.75, 3.05) is 7.05 Å². The molecule has 0 saturated heterocycles. The zero-order chi connectivity index (χ0) is 14.6. The van der Waals surface area contributed by atoms with Crippen LogP contribution < -0.4 is 10.6 Å². The van der Waals surface area contributed by atoms with Crippen LogP contribution >= 0.6 is 24.0 Å². The summed E-state index contributed by atoms with van der Waals surface area (Å²) in [7, 11) is 1.78. The van der Waals surface area contributed by atoms with Crippen molar-refractivity contribution in [3.63, 3.8) is 0 Å². The lowest BCUT2D eigenvalue weighted by Crippen LogP contribution is -2.42. The molecule has 1 aromatic rings. The van der Waals surface area contributed by atoms with E-state index in [9.17, 15) is 0 Å². The van der Waals surface area contributed by atoms with Gasteiger partial charge in [0.2, 0.25) is 5.89 Å². The molecule has 0 unspecified atom stereocenters. The highest BCUT2D eigenvalue weighted by Gasteiger charge is 2.22. The van der Waals surface area contributed by atoms with Crippen LogP contribution in [-0.2, 0) is 12.0 Å². The van der Waals surface area contributed by atoms with Crippen molar-refractivity contribution in [2.24, 2.45) is 4.99 Å². The Labute approximate surface area is 143 Å². The van der Waals surface area contributed by atoms with Gasteiger partial charge in [-0.05, 0) is 12.8 Å². The summed E-state index contributed by atoms with van der Waals surface area (Å²) in [6.45, 7) is 6.68.